The third-order valence-corrected chi connectivity index (χ3v) is 6.53. The maximum atomic E-state index is 14.5. The molecule has 1 aromatic heterocycles. The minimum absolute atomic E-state index is 0.0273. The predicted octanol–water partition coefficient (Wildman–Crippen LogP) is 4.01. The van der Waals surface area contributed by atoms with Gasteiger partial charge in [0, 0.05) is 24.8 Å². The van der Waals surface area contributed by atoms with E-state index in [1.807, 2.05) is 0 Å². The fourth-order valence-corrected chi connectivity index (χ4v) is 4.41. The van der Waals surface area contributed by atoms with Crippen molar-refractivity contribution in [2.75, 3.05) is 32.1 Å². The number of carbonyl (C=O) groups excluding carboxylic acids is 2. The number of carbonyl (C=O) groups is 2. The highest BCUT2D eigenvalue weighted by Crippen LogP contribution is 2.30. The molecule has 0 atom stereocenters. The zero-order valence-electron chi connectivity index (χ0n) is 19.8. The summed E-state index contributed by atoms with van der Waals surface area (Å²) < 4.78 is 34.8. The van der Waals surface area contributed by atoms with E-state index in [-0.39, 0.29) is 33.8 Å². The van der Waals surface area contributed by atoms with Crippen LogP contribution in [0, 0.1) is 17.6 Å². The highest BCUT2D eigenvalue weighted by Gasteiger charge is 2.22. The van der Waals surface area contributed by atoms with Crippen molar-refractivity contribution in [3.05, 3.63) is 64.6 Å². The highest BCUT2D eigenvalue weighted by atomic mass is 35.5. The van der Waals surface area contributed by atoms with Gasteiger partial charge in [0.05, 0.1) is 29.6 Å². The van der Waals surface area contributed by atoms with Crippen LogP contribution in [0.25, 0.3) is 11.3 Å². The number of halogens is 3. The molecule has 190 valence electrons. The first kappa shape index (κ1) is 25.6. The van der Waals surface area contributed by atoms with Crippen LogP contribution in [0.2, 0.25) is 5.02 Å². The van der Waals surface area contributed by atoms with Crippen LogP contribution in [0.4, 0.5) is 14.5 Å². The molecule has 1 saturated heterocycles. The average molecular weight is 518 g/mol. The number of ether oxygens (including phenoxy) is 1. The van der Waals surface area contributed by atoms with Crippen LogP contribution in [0.15, 0.2) is 36.5 Å². The monoisotopic (exact) mass is 517 g/mol. The molecule has 0 radical (unpaired) electrons. The Morgan fingerprint density at radius 2 is 1.92 bits per heavy atom. The number of methoxy groups -OCH3 is 1. The number of amides is 2. The van der Waals surface area contributed by atoms with Crippen molar-refractivity contribution >= 4 is 29.1 Å². The van der Waals surface area contributed by atoms with Crippen molar-refractivity contribution in [1.29, 1.82) is 0 Å². The van der Waals surface area contributed by atoms with Gasteiger partial charge in [0.25, 0.3) is 11.8 Å². The predicted molar refractivity (Wildman–Crippen MR) is 132 cm³/mol. The molecule has 2 amide bonds. The standard InChI is InChI=1S/C25H26ClF2N5O3/c1-33-19(17-5-6-20(36-2)22(28)21(17)27)13-30-23(33)25(35)32-15-3-4-16(18(26)11-15)24(34)31-12-14-7-9-29-10-8-14/h3-6,11,13-14,29H,7-10,12H2,1-2H3,(H,31,34)(H,32,35). The maximum Gasteiger partial charge on any atom is 0.291 e. The Hall–Kier alpha value is -3.50. The van der Waals surface area contributed by atoms with E-state index in [4.69, 9.17) is 16.3 Å². The molecule has 2 heterocycles. The molecule has 3 aromatic rings. The normalized spacial score (nSPS) is 13.9. The second-order valence-corrected chi connectivity index (χ2v) is 8.93. The molecule has 11 heteroatoms. The molecule has 36 heavy (non-hydrogen) atoms. The number of benzene rings is 2. The van der Waals surface area contributed by atoms with E-state index in [9.17, 15) is 18.4 Å². The smallest absolute Gasteiger partial charge is 0.291 e. The van der Waals surface area contributed by atoms with Crippen LogP contribution in [0.5, 0.6) is 5.75 Å². The fourth-order valence-electron chi connectivity index (χ4n) is 4.14. The number of aromatic nitrogens is 2. The van der Waals surface area contributed by atoms with Gasteiger partial charge in [-0.2, -0.15) is 4.39 Å². The molecule has 3 N–H and O–H groups in total. The number of nitrogens with zero attached hydrogens (tertiary/aromatic N) is 2. The molecule has 0 spiro atoms. The lowest BCUT2D eigenvalue weighted by Gasteiger charge is -2.22. The summed E-state index contributed by atoms with van der Waals surface area (Å²) >= 11 is 6.32. The lowest BCUT2D eigenvalue weighted by molar-refractivity contribution is 0.0943. The summed E-state index contributed by atoms with van der Waals surface area (Å²) in [5, 5.41) is 9.06. The Morgan fingerprint density at radius 1 is 1.17 bits per heavy atom. The maximum absolute atomic E-state index is 14.5. The van der Waals surface area contributed by atoms with Crippen LogP contribution < -0.4 is 20.7 Å². The summed E-state index contributed by atoms with van der Waals surface area (Å²) in [7, 11) is 2.76. The average Bonchev–Trinajstić information content (AvgIpc) is 3.26. The first-order chi connectivity index (χ1) is 17.3. The lowest BCUT2D eigenvalue weighted by Crippen LogP contribution is -2.36. The Morgan fingerprint density at radius 3 is 2.61 bits per heavy atom. The summed E-state index contributed by atoms with van der Waals surface area (Å²) in [5.41, 5.74) is 0.800. The molecule has 1 aliphatic heterocycles. The topological polar surface area (TPSA) is 97.3 Å². The zero-order valence-corrected chi connectivity index (χ0v) is 20.6. The van der Waals surface area contributed by atoms with E-state index in [0.29, 0.717) is 23.7 Å². The molecule has 2 aromatic carbocycles. The molecule has 1 fully saturated rings. The Kier molecular flexibility index (Phi) is 7.85. The van der Waals surface area contributed by atoms with E-state index in [2.05, 4.69) is 20.9 Å². The first-order valence-corrected chi connectivity index (χ1v) is 11.8. The molecular weight excluding hydrogens is 492 g/mol. The molecule has 8 nitrogen and oxygen atoms in total. The van der Waals surface area contributed by atoms with E-state index in [1.54, 1.807) is 6.07 Å². The number of hydrogen-bond acceptors (Lipinski definition) is 5. The van der Waals surface area contributed by atoms with Crippen LogP contribution in [0.1, 0.15) is 33.8 Å². The SMILES string of the molecule is COc1ccc(-c2cnc(C(=O)Nc3ccc(C(=O)NCC4CCNCC4)c(Cl)c3)n2C)c(F)c1F. The molecule has 0 unspecified atom stereocenters. The van der Waals surface area contributed by atoms with E-state index in [0.717, 1.165) is 25.9 Å². The number of nitrogens with one attached hydrogen (secondary N) is 3. The third-order valence-electron chi connectivity index (χ3n) is 6.22. The number of anilines is 1. The highest BCUT2D eigenvalue weighted by molar-refractivity contribution is 6.34. The van der Waals surface area contributed by atoms with Gasteiger partial charge in [0.15, 0.2) is 17.4 Å². The van der Waals surface area contributed by atoms with Crippen LogP contribution >= 0.6 is 11.6 Å². The quantitative estimate of drug-likeness (QED) is 0.440. The van der Waals surface area contributed by atoms with Gasteiger partial charge in [-0.1, -0.05) is 11.6 Å². The van der Waals surface area contributed by atoms with Crippen molar-refractivity contribution in [2.45, 2.75) is 12.8 Å². The minimum Gasteiger partial charge on any atom is -0.494 e. The van der Waals surface area contributed by atoms with Crippen molar-refractivity contribution < 1.29 is 23.1 Å². The number of imidazole rings is 1. The van der Waals surface area contributed by atoms with Gasteiger partial charge in [-0.3, -0.25) is 9.59 Å². The summed E-state index contributed by atoms with van der Waals surface area (Å²) in [6.07, 6.45) is 3.30. The molecule has 1 aliphatic rings. The second-order valence-electron chi connectivity index (χ2n) is 8.52. The van der Waals surface area contributed by atoms with Gasteiger partial charge in [-0.05, 0) is 62.2 Å². The summed E-state index contributed by atoms with van der Waals surface area (Å²) in [6.45, 7) is 2.47. The molecule has 0 bridgehead atoms. The fraction of sp³-hybridized carbons (Fsp3) is 0.320. The Labute approximate surface area is 212 Å². The lowest BCUT2D eigenvalue weighted by atomic mass is 9.98. The van der Waals surface area contributed by atoms with Gasteiger partial charge in [0.2, 0.25) is 5.82 Å². The van der Waals surface area contributed by atoms with Gasteiger partial charge < -0.3 is 25.3 Å². The summed E-state index contributed by atoms with van der Waals surface area (Å²) in [4.78, 5) is 29.5. The van der Waals surface area contributed by atoms with E-state index < -0.39 is 17.5 Å². The van der Waals surface area contributed by atoms with Crippen molar-refractivity contribution in [3.63, 3.8) is 0 Å². The second kappa shape index (κ2) is 11.0. The van der Waals surface area contributed by atoms with Gasteiger partial charge in [-0.15, -0.1) is 0 Å². The van der Waals surface area contributed by atoms with Crippen molar-refractivity contribution in [1.82, 2.24) is 20.2 Å². The van der Waals surface area contributed by atoms with Crippen LogP contribution in [-0.2, 0) is 7.05 Å². The zero-order chi connectivity index (χ0) is 25.8. The summed E-state index contributed by atoms with van der Waals surface area (Å²) in [5.74, 6) is -2.92. The van der Waals surface area contributed by atoms with E-state index >= 15 is 0 Å². The van der Waals surface area contributed by atoms with Gasteiger partial charge >= 0.3 is 0 Å². The van der Waals surface area contributed by atoms with Crippen molar-refractivity contribution in [3.8, 4) is 17.0 Å². The minimum atomic E-state index is -1.13. The van der Waals surface area contributed by atoms with Crippen LogP contribution in [0.3, 0.4) is 0 Å². The van der Waals surface area contributed by atoms with Gasteiger partial charge in [0.1, 0.15) is 0 Å². The molecule has 0 aliphatic carbocycles. The number of hydrogen-bond donors (Lipinski definition) is 3. The van der Waals surface area contributed by atoms with Crippen LogP contribution in [-0.4, -0.2) is 48.1 Å². The van der Waals surface area contributed by atoms with E-state index in [1.165, 1.54) is 49.2 Å². The number of rotatable bonds is 7. The third kappa shape index (κ3) is 5.34. The van der Waals surface area contributed by atoms with Gasteiger partial charge in [-0.25, -0.2) is 9.37 Å². The Bertz CT molecular complexity index is 1290. The van der Waals surface area contributed by atoms with Crippen molar-refractivity contribution in [2.24, 2.45) is 13.0 Å². The number of piperidine rings is 1. The first-order valence-electron chi connectivity index (χ1n) is 11.4. The molecule has 0 saturated carbocycles. The summed E-state index contributed by atoms with van der Waals surface area (Å²) in [6, 6.07) is 7.22. The molecule has 4 rings (SSSR count). The molecular formula is C25H26ClF2N5O3. The largest absolute Gasteiger partial charge is 0.494 e. The Balaban J connectivity index is 1.45.